The first-order chi connectivity index (χ1) is 6.14. The van der Waals surface area contributed by atoms with E-state index in [1.54, 1.807) is 0 Å². The van der Waals surface area contributed by atoms with Crippen LogP contribution in [0.3, 0.4) is 0 Å². The minimum atomic E-state index is 0.0666. The smallest absolute Gasteiger partial charge is 0.194 e. The molecule has 82 valence electrons. The van der Waals surface area contributed by atoms with Gasteiger partial charge in [-0.25, -0.2) is 0 Å². The van der Waals surface area contributed by atoms with Crippen molar-refractivity contribution in [1.29, 1.82) is 5.41 Å². The van der Waals surface area contributed by atoms with E-state index in [1.807, 2.05) is 0 Å². The molecule has 1 N–H and O–H groups in total. The fourth-order valence-corrected chi connectivity index (χ4v) is 1.86. The molecular formula is C11H23N3. The maximum Gasteiger partial charge on any atom is 0.194 e. The number of rotatable bonds is 0. The summed E-state index contributed by atoms with van der Waals surface area (Å²) in [6.45, 7) is 14.9. The number of hydrogen-bond acceptors (Lipinski definition) is 1. The zero-order chi connectivity index (χ0) is 11.1. The fourth-order valence-electron chi connectivity index (χ4n) is 1.86. The summed E-state index contributed by atoms with van der Waals surface area (Å²) in [5.41, 5.74) is 0.133. The van der Waals surface area contributed by atoms with Gasteiger partial charge in [0.05, 0.1) is 0 Å². The Morgan fingerprint density at radius 2 is 1.14 bits per heavy atom. The van der Waals surface area contributed by atoms with Gasteiger partial charge in [0.1, 0.15) is 0 Å². The molecular weight excluding hydrogens is 174 g/mol. The van der Waals surface area contributed by atoms with Crippen LogP contribution >= 0.6 is 0 Å². The third kappa shape index (κ3) is 2.02. The molecule has 1 aliphatic heterocycles. The second kappa shape index (κ2) is 3.14. The molecule has 1 aliphatic rings. The maximum absolute atomic E-state index is 8.13. The molecule has 0 saturated carbocycles. The highest BCUT2D eigenvalue weighted by atomic mass is 15.5. The molecule has 0 aromatic rings. The van der Waals surface area contributed by atoms with Crippen molar-refractivity contribution in [2.24, 2.45) is 0 Å². The highest BCUT2D eigenvalue weighted by Crippen LogP contribution is 2.25. The Labute approximate surface area is 87.6 Å². The summed E-state index contributed by atoms with van der Waals surface area (Å²) in [5.74, 6) is 0.671. The molecule has 0 aromatic heterocycles. The standard InChI is InChI=1S/C11H23N3/c1-10(2,3)13-7-8-14(9(13)12)11(4,5)6/h12H,7-8H2,1-6H3. The van der Waals surface area contributed by atoms with Crippen LogP contribution in [0, 0.1) is 5.41 Å². The fraction of sp³-hybridized carbons (Fsp3) is 0.909. The van der Waals surface area contributed by atoms with E-state index in [-0.39, 0.29) is 11.1 Å². The van der Waals surface area contributed by atoms with Crippen LogP contribution in [-0.2, 0) is 0 Å². The lowest BCUT2D eigenvalue weighted by molar-refractivity contribution is 0.244. The van der Waals surface area contributed by atoms with Crippen molar-refractivity contribution in [1.82, 2.24) is 9.80 Å². The minimum Gasteiger partial charge on any atom is -0.336 e. The van der Waals surface area contributed by atoms with Crippen LogP contribution in [0.5, 0.6) is 0 Å². The van der Waals surface area contributed by atoms with Crippen LogP contribution in [0.4, 0.5) is 0 Å². The Balaban J connectivity index is 2.80. The average Bonchev–Trinajstić information content (AvgIpc) is 2.26. The van der Waals surface area contributed by atoms with Crippen molar-refractivity contribution < 1.29 is 0 Å². The van der Waals surface area contributed by atoms with Gasteiger partial charge in [0.2, 0.25) is 0 Å². The van der Waals surface area contributed by atoms with Gasteiger partial charge in [-0.1, -0.05) is 0 Å². The summed E-state index contributed by atoms with van der Waals surface area (Å²) in [6.07, 6.45) is 0. The molecule has 0 spiro atoms. The third-order valence-electron chi connectivity index (χ3n) is 2.68. The topological polar surface area (TPSA) is 30.3 Å². The molecule has 0 unspecified atom stereocenters. The molecule has 0 aromatic carbocycles. The first-order valence-electron chi connectivity index (χ1n) is 5.28. The quantitative estimate of drug-likeness (QED) is 0.645. The van der Waals surface area contributed by atoms with Gasteiger partial charge in [0.25, 0.3) is 0 Å². The zero-order valence-electron chi connectivity index (χ0n) is 10.3. The van der Waals surface area contributed by atoms with E-state index < -0.39 is 0 Å². The lowest BCUT2D eigenvalue weighted by Gasteiger charge is -2.37. The van der Waals surface area contributed by atoms with Crippen molar-refractivity contribution in [2.45, 2.75) is 52.6 Å². The van der Waals surface area contributed by atoms with Crippen molar-refractivity contribution >= 4 is 5.96 Å². The van der Waals surface area contributed by atoms with Gasteiger partial charge in [0.15, 0.2) is 5.96 Å². The largest absolute Gasteiger partial charge is 0.336 e. The molecule has 0 bridgehead atoms. The summed E-state index contributed by atoms with van der Waals surface area (Å²) in [5, 5.41) is 8.13. The molecule has 0 radical (unpaired) electrons. The van der Waals surface area contributed by atoms with Gasteiger partial charge >= 0.3 is 0 Å². The SMILES string of the molecule is CC(C)(C)N1CCN(C(C)(C)C)C1=N. The average molecular weight is 197 g/mol. The Kier molecular flexibility index (Phi) is 2.55. The summed E-state index contributed by atoms with van der Waals surface area (Å²) >= 11 is 0. The molecule has 1 fully saturated rings. The second-order valence-electron chi connectivity index (χ2n) is 5.97. The summed E-state index contributed by atoms with van der Waals surface area (Å²) < 4.78 is 0. The monoisotopic (exact) mass is 197 g/mol. The Morgan fingerprint density at radius 1 is 0.857 bits per heavy atom. The normalized spacial score (nSPS) is 19.4. The number of hydrogen-bond donors (Lipinski definition) is 1. The van der Waals surface area contributed by atoms with Gasteiger partial charge < -0.3 is 9.80 Å². The van der Waals surface area contributed by atoms with Gasteiger partial charge in [-0.05, 0) is 41.5 Å². The second-order valence-corrected chi connectivity index (χ2v) is 5.97. The van der Waals surface area contributed by atoms with Crippen LogP contribution in [0.25, 0.3) is 0 Å². The van der Waals surface area contributed by atoms with E-state index in [1.165, 1.54) is 0 Å². The number of nitrogens with one attached hydrogen (secondary N) is 1. The predicted octanol–water partition coefficient (Wildman–Crippen LogP) is 2.14. The Bertz CT molecular complexity index is 208. The number of nitrogens with zero attached hydrogens (tertiary/aromatic N) is 2. The van der Waals surface area contributed by atoms with Gasteiger partial charge in [-0.2, -0.15) is 0 Å². The van der Waals surface area contributed by atoms with Crippen molar-refractivity contribution in [3.05, 3.63) is 0 Å². The molecule has 1 saturated heterocycles. The molecule has 1 rings (SSSR count). The molecule has 0 amide bonds. The lowest BCUT2D eigenvalue weighted by atomic mass is 10.1. The molecule has 3 nitrogen and oxygen atoms in total. The van der Waals surface area contributed by atoms with Crippen LogP contribution in [-0.4, -0.2) is 39.9 Å². The van der Waals surface area contributed by atoms with E-state index in [4.69, 9.17) is 5.41 Å². The van der Waals surface area contributed by atoms with E-state index >= 15 is 0 Å². The Morgan fingerprint density at radius 3 is 1.29 bits per heavy atom. The van der Waals surface area contributed by atoms with Crippen LogP contribution < -0.4 is 0 Å². The first-order valence-corrected chi connectivity index (χ1v) is 5.28. The van der Waals surface area contributed by atoms with E-state index in [2.05, 4.69) is 51.3 Å². The van der Waals surface area contributed by atoms with Crippen molar-refractivity contribution in [3.8, 4) is 0 Å². The molecule has 0 aliphatic carbocycles. The highest BCUT2D eigenvalue weighted by molar-refractivity contribution is 5.80. The van der Waals surface area contributed by atoms with Gasteiger partial charge in [0, 0.05) is 24.2 Å². The van der Waals surface area contributed by atoms with E-state index in [9.17, 15) is 0 Å². The van der Waals surface area contributed by atoms with Crippen LogP contribution in [0.1, 0.15) is 41.5 Å². The van der Waals surface area contributed by atoms with Crippen LogP contribution in [0.15, 0.2) is 0 Å². The van der Waals surface area contributed by atoms with Crippen LogP contribution in [0.2, 0.25) is 0 Å². The van der Waals surface area contributed by atoms with Gasteiger partial charge in [-0.15, -0.1) is 0 Å². The lowest BCUT2D eigenvalue weighted by Crippen LogP contribution is -2.49. The summed E-state index contributed by atoms with van der Waals surface area (Å²) in [4.78, 5) is 4.33. The van der Waals surface area contributed by atoms with Crippen molar-refractivity contribution in [3.63, 3.8) is 0 Å². The summed E-state index contributed by atoms with van der Waals surface area (Å²) in [6, 6.07) is 0. The van der Waals surface area contributed by atoms with Crippen molar-refractivity contribution in [2.75, 3.05) is 13.1 Å². The first kappa shape index (κ1) is 11.3. The van der Waals surface area contributed by atoms with E-state index in [0.29, 0.717) is 5.96 Å². The molecule has 1 heterocycles. The summed E-state index contributed by atoms with van der Waals surface area (Å²) in [7, 11) is 0. The minimum absolute atomic E-state index is 0.0666. The molecule has 14 heavy (non-hydrogen) atoms. The van der Waals surface area contributed by atoms with E-state index in [0.717, 1.165) is 13.1 Å². The third-order valence-corrected chi connectivity index (χ3v) is 2.68. The zero-order valence-corrected chi connectivity index (χ0v) is 10.3. The number of guanidine groups is 1. The van der Waals surface area contributed by atoms with Gasteiger partial charge in [-0.3, -0.25) is 5.41 Å². The molecule has 0 atom stereocenters. The maximum atomic E-state index is 8.13. The molecule has 3 heteroatoms. The highest BCUT2D eigenvalue weighted by Gasteiger charge is 2.37. The Hall–Kier alpha value is -0.730. The predicted molar refractivity (Wildman–Crippen MR) is 60.6 cm³/mol.